The largest absolute Gasteiger partial charge is 0.325 e. The van der Waals surface area contributed by atoms with Crippen LogP contribution in [0.3, 0.4) is 0 Å². The molecular formula is C24H27N5O3S. The topological polar surface area (TPSA) is 117 Å². The van der Waals surface area contributed by atoms with Crippen LogP contribution in [0, 0.1) is 26.7 Å². The average Bonchev–Trinajstić information content (AvgIpc) is 2.75. The van der Waals surface area contributed by atoms with Gasteiger partial charge in [0.25, 0.3) is 5.56 Å². The number of aromatic nitrogens is 3. The molecule has 2 aromatic carbocycles. The molecule has 2 amide bonds. The Morgan fingerprint density at radius 1 is 1.03 bits per heavy atom. The van der Waals surface area contributed by atoms with Gasteiger partial charge in [0.1, 0.15) is 0 Å². The number of carbonyl (C=O) groups excluding carboxylic acids is 2. The molecule has 0 atom stereocenters. The number of H-pyrrole nitrogens is 1. The van der Waals surface area contributed by atoms with Gasteiger partial charge in [0.2, 0.25) is 11.8 Å². The number of rotatable bonds is 7. The van der Waals surface area contributed by atoms with E-state index in [-0.39, 0.29) is 34.3 Å². The number of nitrogens with one attached hydrogen (secondary N) is 3. The van der Waals surface area contributed by atoms with Crippen LogP contribution in [0.15, 0.2) is 46.3 Å². The number of thioether (sulfide) groups is 1. The number of nitrogens with zero attached hydrogens (tertiary/aromatic N) is 2. The third kappa shape index (κ3) is 6.07. The Bertz CT molecular complexity index is 1230. The SMILES string of the molecule is Cc1cc(C)c(NC(=O)CSc2nnc(-c3ccccc3NC(=O)C(C)C)c(=O)[nH]2)c(C)c1. The molecule has 0 saturated heterocycles. The van der Waals surface area contributed by atoms with E-state index in [0.717, 1.165) is 34.1 Å². The maximum absolute atomic E-state index is 12.7. The summed E-state index contributed by atoms with van der Waals surface area (Å²) in [5, 5.41) is 14.1. The summed E-state index contributed by atoms with van der Waals surface area (Å²) in [6.07, 6.45) is 0. The summed E-state index contributed by atoms with van der Waals surface area (Å²) < 4.78 is 0. The molecule has 0 fully saturated rings. The van der Waals surface area contributed by atoms with Crippen LogP contribution in [0.4, 0.5) is 11.4 Å². The molecule has 0 bridgehead atoms. The Morgan fingerprint density at radius 2 is 1.70 bits per heavy atom. The van der Waals surface area contributed by atoms with E-state index in [9.17, 15) is 14.4 Å². The van der Waals surface area contributed by atoms with Crippen molar-refractivity contribution in [1.29, 1.82) is 0 Å². The summed E-state index contributed by atoms with van der Waals surface area (Å²) in [7, 11) is 0. The molecule has 0 aliphatic heterocycles. The van der Waals surface area contributed by atoms with Crippen molar-refractivity contribution in [3.8, 4) is 11.3 Å². The molecule has 0 aliphatic carbocycles. The number of anilines is 2. The molecule has 172 valence electrons. The van der Waals surface area contributed by atoms with Gasteiger partial charge in [-0.1, -0.05) is 61.5 Å². The number of aromatic amines is 1. The van der Waals surface area contributed by atoms with Gasteiger partial charge in [-0.05, 0) is 38.0 Å². The van der Waals surface area contributed by atoms with Crippen molar-refractivity contribution in [2.24, 2.45) is 5.92 Å². The Hall–Kier alpha value is -3.46. The number of hydrogen-bond donors (Lipinski definition) is 3. The quantitative estimate of drug-likeness (QED) is 0.453. The summed E-state index contributed by atoms with van der Waals surface area (Å²) in [6, 6.07) is 10.9. The minimum Gasteiger partial charge on any atom is -0.325 e. The predicted molar refractivity (Wildman–Crippen MR) is 132 cm³/mol. The molecule has 1 aromatic heterocycles. The van der Waals surface area contributed by atoms with Crippen molar-refractivity contribution in [3.63, 3.8) is 0 Å². The Morgan fingerprint density at radius 3 is 2.33 bits per heavy atom. The first-order valence-corrected chi connectivity index (χ1v) is 11.5. The van der Waals surface area contributed by atoms with Gasteiger partial charge in [0, 0.05) is 17.2 Å². The fourth-order valence-corrected chi connectivity index (χ4v) is 3.93. The van der Waals surface area contributed by atoms with Crippen LogP contribution in [0.1, 0.15) is 30.5 Å². The van der Waals surface area contributed by atoms with E-state index in [2.05, 4.69) is 25.8 Å². The van der Waals surface area contributed by atoms with Gasteiger partial charge in [-0.25, -0.2) is 0 Å². The van der Waals surface area contributed by atoms with Crippen LogP contribution >= 0.6 is 11.8 Å². The highest BCUT2D eigenvalue weighted by Crippen LogP contribution is 2.25. The highest BCUT2D eigenvalue weighted by Gasteiger charge is 2.16. The zero-order valence-electron chi connectivity index (χ0n) is 19.3. The summed E-state index contributed by atoms with van der Waals surface area (Å²) >= 11 is 1.09. The fourth-order valence-electron chi connectivity index (χ4n) is 3.33. The molecule has 33 heavy (non-hydrogen) atoms. The third-order valence-electron chi connectivity index (χ3n) is 4.92. The van der Waals surface area contributed by atoms with E-state index in [1.807, 2.05) is 32.9 Å². The second-order valence-corrected chi connectivity index (χ2v) is 9.07. The predicted octanol–water partition coefficient (Wildman–Crippen LogP) is 4.08. The highest BCUT2D eigenvalue weighted by atomic mass is 32.2. The van der Waals surface area contributed by atoms with E-state index < -0.39 is 5.56 Å². The molecule has 8 nitrogen and oxygen atoms in total. The molecule has 3 aromatic rings. The fraction of sp³-hybridized carbons (Fsp3) is 0.292. The van der Waals surface area contributed by atoms with Gasteiger partial charge in [-0.3, -0.25) is 19.4 Å². The lowest BCUT2D eigenvalue weighted by molar-refractivity contribution is -0.119. The first-order chi connectivity index (χ1) is 15.7. The van der Waals surface area contributed by atoms with Gasteiger partial charge in [0.15, 0.2) is 10.9 Å². The van der Waals surface area contributed by atoms with Gasteiger partial charge >= 0.3 is 0 Å². The van der Waals surface area contributed by atoms with Crippen LogP contribution in [-0.4, -0.2) is 32.7 Å². The van der Waals surface area contributed by atoms with Crippen LogP contribution in [0.5, 0.6) is 0 Å². The number of hydrogen-bond acceptors (Lipinski definition) is 6. The standard InChI is InChI=1S/C24H27N5O3S/c1-13(2)22(31)25-18-9-7-6-8-17(18)21-23(32)27-24(29-28-21)33-12-19(30)26-20-15(4)10-14(3)11-16(20)5/h6-11,13H,12H2,1-5H3,(H,25,31)(H,26,30)(H,27,29,32). The first kappa shape index (κ1) is 24.2. The van der Waals surface area contributed by atoms with Crippen LogP contribution in [-0.2, 0) is 9.59 Å². The van der Waals surface area contributed by atoms with E-state index in [1.165, 1.54) is 0 Å². The molecule has 0 unspecified atom stereocenters. The molecule has 0 radical (unpaired) electrons. The summed E-state index contributed by atoms with van der Waals surface area (Å²) in [4.78, 5) is 39.9. The Kier molecular flexibility index (Phi) is 7.65. The monoisotopic (exact) mass is 465 g/mol. The minimum absolute atomic E-state index is 0.0672. The molecule has 9 heteroatoms. The van der Waals surface area contributed by atoms with Crippen molar-refractivity contribution in [2.75, 3.05) is 16.4 Å². The van der Waals surface area contributed by atoms with Gasteiger partial charge in [-0.2, -0.15) is 0 Å². The van der Waals surface area contributed by atoms with Crippen LogP contribution < -0.4 is 16.2 Å². The maximum Gasteiger partial charge on any atom is 0.278 e. The van der Waals surface area contributed by atoms with Crippen LogP contribution in [0.2, 0.25) is 0 Å². The van der Waals surface area contributed by atoms with Crippen molar-refractivity contribution in [3.05, 3.63) is 63.4 Å². The summed E-state index contributed by atoms with van der Waals surface area (Å²) in [5.41, 5.74) is 4.51. The first-order valence-electron chi connectivity index (χ1n) is 10.5. The molecule has 0 saturated carbocycles. The number of para-hydroxylation sites is 1. The highest BCUT2D eigenvalue weighted by molar-refractivity contribution is 7.99. The van der Waals surface area contributed by atoms with Crippen molar-refractivity contribution in [2.45, 2.75) is 39.8 Å². The van der Waals surface area contributed by atoms with Crippen molar-refractivity contribution < 1.29 is 9.59 Å². The Balaban J connectivity index is 1.72. The third-order valence-corrected chi connectivity index (χ3v) is 5.79. The van der Waals surface area contributed by atoms with Gasteiger partial charge in [0.05, 0.1) is 11.4 Å². The van der Waals surface area contributed by atoms with E-state index in [0.29, 0.717) is 11.3 Å². The lowest BCUT2D eigenvalue weighted by Crippen LogP contribution is -2.20. The van der Waals surface area contributed by atoms with Crippen molar-refractivity contribution >= 4 is 35.0 Å². The van der Waals surface area contributed by atoms with Gasteiger partial charge < -0.3 is 10.6 Å². The average molecular weight is 466 g/mol. The summed E-state index contributed by atoms with van der Waals surface area (Å²) in [5.74, 6) is -0.509. The maximum atomic E-state index is 12.7. The van der Waals surface area contributed by atoms with E-state index >= 15 is 0 Å². The zero-order valence-corrected chi connectivity index (χ0v) is 20.1. The lowest BCUT2D eigenvalue weighted by Gasteiger charge is -2.13. The smallest absolute Gasteiger partial charge is 0.278 e. The lowest BCUT2D eigenvalue weighted by atomic mass is 10.1. The molecular weight excluding hydrogens is 438 g/mol. The second kappa shape index (κ2) is 10.4. The van der Waals surface area contributed by atoms with Gasteiger partial charge in [-0.15, -0.1) is 10.2 Å². The number of aryl methyl sites for hydroxylation is 3. The number of benzene rings is 2. The van der Waals surface area contributed by atoms with E-state index in [1.54, 1.807) is 38.1 Å². The van der Waals surface area contributed by atoms with Crippen LogP contribution in [0.25, 0.3) is 11.3 Å². The molecule has 0 spiro atoms. The molecule has 3 rings (SSSR count). The molecule has 3 N–H and O–H groups in total. The molecule has 0 aliphatic rings. The minimum atomic E-state index is -0.454. The molecule has 1 heterocycles. The van der Waals surface area contributed by atoms with Crippen molar-refractivity contribution in [1.82, 2.24) is 15.2 Å². The summed E-state index contributed by atoms with van der Waals surface area (Å²) in [6.45, 7) is 9.48. The number of carbonyl (C=O) groups is 2. The number of amides is 2. The Labute approximate surface area is 196 Å². The second-order valence-electron chi connectivity index (χ2n) is 8.11. The van der Waals surface area contributed by atoms with E-state index in [4.69, 9.17) is 0 Å². The normalized spacial score (nSPS) is 10.8. The zero-order chi connectivity index (χ0) is 24.1.